The van der Waals surface area contributed by atoms with Gasteiger partial charge in [0.15, 0.2) is 12.6 Å². The highest BCUT2D eigenvalue weighted by molar-refractivity contribution is 5.78. The van der Waals surface area contributed by atoms with Gasteiger partial charge in [-0.1, -0.05) is 24.3 Å². The number of hydrogen-bond acceptors (Lipinski definition) is 4. The largest absolute Gasteiger partial charge is 0.493 e. The molecular weight excluding hydrogens is 342 g/mol. The Morgan fingerprint density at radius 2 is 2.15 bits per heavy atom. The standard InChI is InChI=1S/C18H20F2N4O2/c19-16(20)11-26-17-7-3-4-12(23-17)10-22-18(21)24-14-8-9-25-15-6-2-1-5-13(14)15/h1-7,14,16H,8-11H2,(H3,21,22,24). The van der Waals surface area contributed by atoms with Crippen molar-refractivity contribution in [2.24, 2.45) is 10.7 Å². The van der Waals surface area contributed by atoms with Gasteiger partial charge < -0.3 is 20.5 Å². The smallest absolute Gasteiger partial charge is 0.272 e. The lowest BCUT2D eigenvalue weighted by atomic mass is 10.0. The third-order valence-electron chi connectivity index (χ3n) is 3.83. The number of fused-ring (bicyclic) bond motifs is 1. The van der Waals surface area contributed by atoms with E-state index in [2.05, 4.69) is 15.3 Å². The molecule has 0 radical (unpaired) electrons. The van der Waals surface area contributed by atoms with E-state index >= 15 is 0 Å². The first-order chi connectivity index (χ1) is 12.6. The van der Waals surface area contributed by atoms with Crippen LogP contribution in [0.3, 0.4) is 0 Å². The van der Waals surface area contributed by atoms with Crippen molar-refractivity contribution in [2.75, 3.05) is 13.2 Å². The topological polar surface area (TPSA) is 81.8 Å². The maximum atomic E-state index is 12.2. The summed E-state index contributed by atoms with van der Waals surface area (Å²) < 4.78 is 34.9. The lowest BCUT2D eigenvalue weighted by Crippen LogP contribution is -2.37. The van der Waals surface area contributed by atoms with Gasteiger partial charge in [0.25, 0.3) is 6.43 Å². The van der Waals surface area contributed by atoms with Crippen LogP contribution in [0.5, 0.6) is 11.6 Å². The summed E-state index contributed by atoms with van der Waals surface area (Å²) in [7, 11) is 0. The number of aliphatic imine (C=N–C) groups is 1. The minimum Gasteiger partial charge on any atom is -0.493 e. The number of ether oxygens (including phenoxy) is 2. The number of rotatable bonds is 6. The van der Waals surface area contributed by atoms with Gasteiger partial charge in [-0.2, -0.15) is 0 Å². The van der Waals surface area contributed by atoms with E-state index in [1.165, 1.54) is 6.07 Å². The van der Waals surface area contributed by atoms with Crippen molar-refractivity contribution >= 4 is 5.96 Å². The fraction of sp³-hybridized carbons (Fsp3) is 0.333. The molecule has 0 saturated heterocycles. The Morgan fingerprint density at radius 3 is 3.00 bits per heavy atom. The highest BCUT2D eigenvalue weighted by Gasteiger charge is 2.21. The molecular formula is C18H20F2N4O2. The predicted octanol–water partition coefficient (Wildman–Crippen LogP) is 2.65. The molecule has 0 saturated carbocycles. The molecule has 0 amide bonds. The summed E-state index contributed by atoms with van der Waals surface area (Å²) in [5.74, 6) is 1.27. The van der Waals surface area contributed by atoms with Crippen molar-refractivity contribution in [3.8, 4) is 11.6 Å². The molecule has 2 aromatic rings. The molecule has 3 N–H and O–H groups in total. The van der Waals surface area contributed by atoms with Gasteiger partial charge in [0.1, 0.15) is 5.75 Å². The van der Waals surface area contributed by atoms with Crippen LogP contribution >= 0.6 is 0 Å². The van der Waals surface area contributed by atoms with Crippen LogP contribution in [0.4, 0.5) is 8.78 Å². The van der Waals surface area contributed by atoms with Crippen LogP contribution in [-0.2, 0) is 6.54 Å². The number of alkyl halides is 2. The first-order valence-electron chi connectivity index (χ1n) is 8.27. The molecule has 0 aliphatic carbocycles. The summed E-state index contributed by atoms with van der Waals surface area (Å²) in [6.07, 6.45) is -1.76. The van der Waals surface area contributed by atoms with Gasteiger partial charge in [0.2, 0.25) is 5.88 Å². The summed E-state index contributed by atoms with van der Waals surface area (Å²) >= 11 is 0. The van der Waals surface area contributed by atoms with Crippen LogP contribution in [0, 0.1) is 0 Å². The second kappa shape index (κ2) is 8.46. The Labute approximate surface area is 150 Å². The highest BCUT2D eigenvalue weighted by atomic mass is 19.3. The van der Waals surface area contributed by atoms with Crippen LogP contribution in [0.1, 0.15) is 23.7 Å². The molecule has 0 bridgehead atoms. The fourth-order valence-corrected chi connectivity index (χ4v) is 2.66. The van der Waals surface area contributed by atoms with Crippen molar-refractivity contribution in [2.45, 2.75) is 25.4 Å². The Balaban J connectivity index is 1.60. The zero-order chi connectivity index (χ0) is 18.4. The fourth-order valence-electron chi connectivity index (χ4n) is 2.66. The molecule has 2 heterocycles. The molecule has 138 valence electrons. The third-order valence-corrected chi connectivity index (χ3v) is 3.83. The number of nitrogens with one attached hydrogen (secondary N) is 1. The number of halogens is 2. The van der Waals surface area contributed by atoms with Gasteiger partial charge in [-0.3, -0.25) is 0 Å². The maximum absolute atomic E-state index is 12.2. The molecule has 26 heavy (non-hydrogen) atoms. The van der Waals surface area contributed by atoms with Crippen molar-refractivity contribution in [1.82, 2.24) is 10.3 Å². The lowest BCUT2D eigenvalue weighted by Gasteiger charge is -2.26. The summed E-state index contributed by atoms with van der Waals surface area (Å²) in [4.78, 5) is 8.41. The molecule has 0 spiro atoms. The number of nitrogens with zero attached hydrogens (tertiary/aromatic N) is 2. The molecule has 1 aliphatic heterocycles. The van der Waals surface area contributed by atoms with E-state index in [1.54, 1.807) is 12.1 Å². The van der Waals surface area contributed by atoms with Crippen molar-refractivity contribution < 1.29 is 18.3 Å². The van der Waals surface area contributed by atoms with Gasteiger partial charge >= 0.3 is 0 Å². The highest BCUT2D eigenvalue weighted by Crippen LogP contribution is 2.31. The van der Waals surface area contributed by atoms with E-state index in [4.69, 9.17) is 15.2 Å². The SMILES string of the molecule is NC(=NCc1cccc(OCC(F)F)n1)NC1CCOc2ccccc21. The number of pyridine rings is 1. The zero-order valence-corrected chi connectivity index (χ0v) is 14.1. The van der Waals surface area contributed by atoms with E-state index < -0.39 is 13.0 Å². The van der Waals surface area contributed by atoms with Crippen LogP contribution in [0.25, 0.3) is 0 Å². The first kappa shape index (κ1) is 17.9. The molecule has 1 unspecified atom stereocenters. The normalized spacial score (nSPS) is 16.7. The Kier molecular flexibility index (Phi) is 5.83. The average molecular weight is 362 g/mol. The number of benzene rings is 1. The van der Waals surface area contributed by atoms with E-state index in [0.717, 1.165) is 17.7 Å². The molecule has 3 rings (SSSR count). The van der Waals surface area contributed by atoms with E-state index in [0.29, 0.717) is 12.3 Å². The Morgan fingerprint density at radius 1 is 1.31 bits per heavy atom. The summed E-state index contributed by atoms with van der Waals surface area (Å²) in [6, 6.07) is 12.7. The van der Waals surface area contributed by atoms with Crippen molar-refractivity contribution in [1.29, 1.82) is 0 Å². The monoisotopic (exact) mass is 362 g/mol. The van der Waals surface area contributed by atoms with Crippen LogP contribution in [0.15, 0.2) is 47.5 Å². The van der Waals surface area contributed by atoms with E-state index in [9.17, 15) is 8.78 Å². The predicted molar refractivity (Wildman–Crippen MR) is 93.5 cm³/mol. The Hall–Kier alpha value is -2.90. The van der Waals surface area contributed by atoms with Gasteiger partial charge in [-0.05, 0) is 12.1 Å². The van der Waals surface area contributed by atoms with Crippen LogP contribution in [0.2, 0.25) is 0 Å². The molecule has 1 aromatic heterocycles. The molecule has 1 atom stereocenters. The van der Waals surface area contributed by atoms with Gasteiger partial charge in [-0.25, -0.2) is 18.8 Å². The Bertz CT molecular complexity index is 770. The summed E-state index contributed by atoms with van der Waals surface area (Å²) in [5, 5.41) is 3.19. The quantitative estimate of drug-likeness (QED) is 0.610. The van der Waals surface area contributed by atoms with Crippen molar-refractivity contribution in [3.63, 3.8) is 0 Å². The van der Waals surface area contributed by atoms with Crippen LogP contribution < -0.4 is 20.5 Å². The number of aromatic nitrogens is 1. The van der Waals surface area contributed by atoms with E-state index in [-0.39, 0.29) is 24.4 Å². The molecule has 1 aromatic carbocycles. The number of hydrogen-bond donors (Lipinski definition) is 2. The minimum absolute atomic E-state index is 0.0253. The second-order valence-electron chi connectivity index (χ2n) is 5.74. The third kappa shape index (κ3) is 4.81. The molecule has 6 nitrogen and oxygen atoms in total. The van der Waals surface area contributed by atoms with Gasteiger partial charge in [-0.15, -0.1) is 0 Å². The molecule has 8 heteroatoms. The summed E-state index contributed by atoms with van der Waals surface area (Å²) in [6.45, 7) is 0.134. The first-order valence-corrected chi connectivity index (χ1v) is 8.27. The zero-order valence-electron chi connectivity index (χ0n) is 14.1. The minimum atomic E-state index is -2.54. The number of guanidine groups is 1. The van der Waals surface area contributed by atoms with Crippen molar-refractivity contribution in [3.05, 3.63) is 53.7 Å². The van der Waals surface area contributed by atoms with E-state index in [1.807, 2.05) is 24.3 Å². The second-order valence-corrected chi connectivity index (χ2v) is 5.74. The molecule has 1 aliphatic rings. The van der Waals surface area contributed by atoms with Gasteiger partial charge in [0.05, 0.1) is 24.9 Å². The molecule has 0 fully saturated rings. The number of para-hydroxylation sites is 1. The number of nitrogens with two attached hydrogens (primary N) is 1. The van der Waals surface area contributed by atoms with Gasteiger partial charge in [0, 0.05) is 18.1 Å². The maximum Gasteiger partial charge on any atom is 0.272 e. The van der Waals surface area contributed by atoms with Crippen LogP contribution in [-0.4, -0.2) is 30.6 Å². The average Bonchev–Trinajstić information content (AvgIpc) is 2.65. The summed E-state index contributed by atoms with van der Waals surface area (Å²) in [5.41, 5.74) is 7.60. The lowest BCUT2D eigenvalue weighted by molar-refractivity contribution is 0.0795.